The number of hydrogen-bond acceptors (Lipinski definition) is 8. The predicted octanol–water partition coefficient (Wildman–Crippen LogP) is 2.72. The van der Waals surface area contributed by atoms with Crippen molar-refractivity contribution in [2.75, 3.05) is 19.8 Å². The van der Waals surface area contributed by atoms with Gasteiger partial charge in [-0.3, -0.25) is 9.78 Å². The van der Waals surface area contributed by atoms with Crippen molar-refractivity contribution in [2.24, 2.45) is 5.92 Å². The number of aliphatic hydroxyl groups excluding tert-OH is 2. The van der Waals surface area contributed by atoms with E-state index in [1.165, 1.54) is 0 Å². The highest BCUT2D eigenvalue weighted by molar-refractivity contribution is 5.76. The van der Waals surface area contributed by atoms with Gasteiger partial charge in [-0.1, -0.05) is 25.9 Å². The number of rotatable bonds is 11. The Balaban J connectivity index is 1.76. The molecule has 0 aliphatic carbocycles. The van der Waals surface area contributed by atoms with Crippen LogP contribution in [0.4, 0.5) is 0 Å². The number of aliphatic hydroxyl groups is 2. The van der Waals surface area contributed by atoms with E-state index in [9.17, 15) is 9.90 Å². The Labute approximate surface area is 199 Å². The molecule has 0 spiro atoms. The second kappa shape index (κ2) is 11.7. The number of amides is 1. The van der Waals surface area contributed by atoms with Crippen molar-refractivity contribution in [2.45, 2.75) is 46.6 Å². The van der Waals surface area contributed by atoms with Crippen molar-refractivity contribution in [3.05, 3.63) is 47.3 Å². The van der Waals surface area contributed by atoms with Crippen LogP contribution >= 0.6 is 0 Å². The SMILES string of the molecule is CCc1cc(-c2noc(-c3ccnc(CC(C)C)c3)n2)cc(C)c1OC[C@@H](O)CNC(=O)CO. The minimum Gasteiger partial charge on any atom is -0.490 e. The second-order valence-corrected chi connectivity index (χ2v) is 8.62. The summed E-state index contributed by atoms with van der Waals surface area (Å²) in [5.74, 6) is 1.54. The van der Waals surface area contributed by atoms with Crippen molar-refractivity contribution >= 4 is 5.91 Å². The van der Waals surface area contributed by atoms with Crippen LogP contribution in [0.3, 0.4) is 0 Å². The average molecular weight is 469 g/mol. The molecule has 9 nitrogen and oxygen atoms in total. The van der Waals surface area contributed by atoms with Crippen LogP contribution in [0.15, 0.2) is 35.0 Å². The topological polar surface area (TPSA) is 131 Å². The minimum absolute atomic E-state index is 0.00247. The number of nitrogens with zero attached hydrogens (tertiary/aromatic N) is 3. The van der Waals surface area contributed by atoms with E-state index in [2.05, 4.69) is 34.3 Å². The summed E-state index contributed by atoms with van der Waals surface area (Å²) in [6.45, 7) is 7.61. The molecule has 0 bridgehead atoms. The quantitative estimate of drug-likeness (QED) is 0.392. The summed E-state index contributed by atoms with van der Waals surface area (Å²) in [6.07, 6.45) is 2.43. The molecule has 0 aliphatic heterocycles. The fraction of sp³-hybridized carbons (Fsp3) is 0.440. The lowest BCUT2D eigenvalue weighted by Gasteiger charge is -2.17. The van der Waals surface area contributed by atoms with E-state index in [4.69, 9.17) is 14.4 Å². The van der Waals surface area contributed by atoms with E-state index >= 15 is 0 Å². The molecule has 0 aliphatic rings. The molecule has 1 atom stereocenters. The second-order valence-electron chi connectivity index (χ2n) is 8.62. The van der Waals surface area contributed by atoms with Crippen LogP contribution in [0, 0.1) is 12.8 Å². The molecule has 9 heteroatoms. The summed E-state index contributed by atoms with van der Waals surface area (Å²) in [7, 11) is 0. The van der Waals surface area contributed by atoms with Crippen LogP contribution in [-0.4, -0.2) is 57.1 Å². The molecule has 0 radical (unpaired) electrons. The summed E-state index contributed by atoms with van der Waals surface area (Å²) >= 11 is 0. The molecule has 1 aromatic carbocycles. The molecule has 2 aromatic heterocycles. The number of aryl methyl sites for hydroxylation is 2. The van der Waals surface area contributed by atoms with Crippen LogP contribution in [0.1, 0.15) is 37.6 Å². The zero-order valence-corrected chi connectivity index (χ0v) is 20.0. The number of carbonyl (C=O) groups is 1. The smallest absolute Gasteiger partial charge is 0.258 e. The van der Waals surface area contributed by atoms with Gasteiger partial charge in [0.05, 0.1) is 0 Å². The van der Waals surface area contributed by atoms with Crippen molar-refractivity contribution < 1.29 is 24.3 Å². The molecular formula is C25H32N4O5. The predicted molar refractivity (Wildman–Crippen MR) is 127 cm³/mol. The van der Waals surface area contributed by atoms with E-state index in [0.717, 1.165) is 34.4 Å². The van der Waals surface area contributed by atoms with Crippen molar-refractivity contribution in [3.8, 4) is 28.6 Å². The van der Waals surface area contributed by atoms with Gasteiger partial charge < -0.3 is 24.8 Å². The minimum atomic E-state index is -0.903. The molecule has 0 saturated carbocycles. The standard InChI is InChI=1S/C25H32N4O5/c1-5-17-10-19(9-16(4)23(17)33-14-21(31)12-27-22(32)13-30)24-28-25(34-29-24)18-6-7-26-20(11-18)8-15(2)3/h6-7,9-11,15,21,30-31H,5,8,12-14H2,1-4H3,(H,27,32)/t21-/m0/s1. The molecule has 3 rings (SSSR count). The highest BCUT2D eigenvalue weighted by atomic mass is 16.5. The molecule has 0 saturated heterocycles. The van der Waals surface area contributed by atoms with Gasteiger partial charge in [0.2, 0.25) is 11.7 Å². The number of ether oxygens (including phenoxy) is 1. The molecule has 1 amide bonds. The molecule has 3 aromatic rings. The fourth-order valence-corrected chi connectivity index (χ4v) is 3.57. The number of nitrogens with one attached hydrogen (secondary N) is 1. The zero-order valence-electron chi connectivity index (χ0n) is 20.0. The van der Waals surface area contributed by atoms with Crippen LogP contribution in [-0.2, 0) is 17.6 Å². The first-order valence-electron chi connectivity index (χ1n) is 11.4. The number of pyridine rings is 1. The maximum Gasteiger partial charge on any atom is 0.258 e. The molecule has 0 unspecified atom stereocenters. The van der Waals surface area contributed by atoms with Crippen molar-refractivity contribution in [1.29, 1.82) is 0 Å². The zero-order chi connectivity index (χ0) is 24.7. The maximum absolute atomic E-state index is 11.1. The summed E-state index contributed by atoms with van der Waals surface area (Å²) < 4.78 is 11.4. The first-order valence-corrected chi connectivity index (χ1v) is 11.4. The summed E-state index contributed by atoms with van der Waals surface area (Å²) in [4.78, 5) is 20.1. The lowest BCUT2D eigenvalue weighted by atomic mass is 10.0. The number of carbonyl (C=O) groups excluding carboxylic acids is 1. The molecule has 2 heterocycles. The van der Waals surface area contributed by atoms with E-state index < -0.39 is 18.6 Å². The monoisotopic (exact) mass is 468 g/mol. The van der Waals surface area contributed by atoms with Gasteiger partial charge in [0.1, 0.15) is 25.1 Å². The van der Waals surface area contributed by atoms with Crippen molar-refractivity contribution in [1.82, 2.24) is 20.4 Å². The van der Waals surface area contributed by atoms with Crippen LogP contribution in [0.5, 0.6) is 5.75 Å². The maximum atomic E-state index is 11.1. The third-order valence-corrected chi connectivity index (χ3v) is 5.20. The number of aromatic nitrogens is 3. The van der Waals surface area contributed by atoms with E-state index in [0.29, 0.717) is 29.8 Å². The van der Waals surface area contributed by atoms with Crippen LogP contribution in [0.2, 0.25) is 0 Å². The van der Waals surface area contributed by atoms with E-state index in [1.54, 1.807) is 6.20 Å². The number of hydrogen-bond donors (Lipinski definition) is 3. The normalized spacial score (nSPS) is 12.1. The number of benzene rings is 1. The van der Waals surface area contributed by atoms with E-state index in [1.807, 2.05) is 38.1 Å². The average Bonchev–Trinajstić information content (AvgIpc) is 3.31. The Kier molecular flexibility index (Phi) is 8.72. The molecule has 34 heavy (non-hydrogen) atoms. The lowest BCUT2D eigenvalue weighted by molar-refractivity contribution is -0.124. The largest absolute Gasteiger partial charge is 0.490 e. The van der Waals surface area contributed by atoms with Crippen LogP contribution in [0.25, 0.3) is 22.8 Å². The van der Waals surface area contributed by atoms with Gasteiger partial charge in [-0.25, -0.2) is 0 Å². The van der Waals surface area contributed by atoms with Gasteiger partial charge in [-0.05, 0) is 61.1 Å². The Morgan fingerprint density at radius 2 is 2.03 bits per heavy atom. The first-order chi connectivity index (χ1) is 16.3. The molecule has 182 valence electrons. The Bertz CT molecular complexity index is 1110. The fourth-order valence-electron chi connectivity index (χ4n) is 3.57. The van der Waals surface area contributed by atoms with Crippen LogP contribution < -0.4 is 10.1 Å². The highest BCUT2D eigenvalue weighted by Gasteiger charge is 2.17. The Morgan fingerprint density at radius 3 is 2.74 bits per heavy atom. The summed E-state index contributed by atoms with van der Waals surface area (Å²) in [6, 6.07) is 7.70. The molecular weight excluding hydrogens is 436 g/mol. The third-order valence-electron chi connectivity index (χ3n) is 5.20. The van der Waals surface area contributed by atoms with Gasteiger partial charge in [0.25, 0.3) is 5.89 Å². The molecule has 0 fully saturated rings. The van der Waals surface area contributed by atoms with Gasteiger partial charge >= 0.3 is 0 Å². The Morgan fingerprint density at radius 1 is 1.24 bits per heavy atom. The third kappa shape index (κ3) is 6.61. The van der Waals surface area contributed by atoms with Crippen molar-refractivity contribution in [3.63, 3.8) is 0 Å². The summed E-state index contributed by atoms with van der Waals surface area (Å²) in [5, 5.41) is 25.4. The van der Waals surface area contributed by atoms with Gasteiger partial charge in [-0.15, -0.1) is 0 Å². The first kappa shape index (κ1) is 25.3. The molecule has 3 N–H and O–H groups in total. The Hall–Kier alpha value is -3.30. The van der Waals surface area contributed by atoms with Gasteiger partial charge in [0.15, 0.2) is 0 Å². The van der Waals surface area contributed by atoms with E-state index in [-0.39, 0.29) is 13.2 Å². The highest BCUT2D eigenvalue weighted by Crippen LogP contribution is 2.31. The van der Waals surface area contributed by atoms with Gasteiger partial charge in [-0.2, -0.15) is 4.98 Å². The summed E-state index contributed by atoms with van der Waals surface area (Å²) in [5.41, 5.74) is 4.44. The lowest BCUT2D eigenvalue weighted by Crippen LogP contribution is -2.36. The van der Waals surface area contributed by atoms with Gasteiger partial charge in [0, 0.05) is 29.6 Å².